The molecule has 0 amide bonds. The summed E-state index contributed by atoms with van der Waals surface area (Å²) in [7, 11) is 1.80. The number of aromatic nitrogens is 2. The summed E-state index contributed by atoms with van der Waals surface area (Å²) in [4.78, 5) is 11.8. The molecule has 1 aromatic heterocycles. The van der Waals surface area contributed by atoms with E-state index in [0.29, 0.717) is 12.1 Å². The van der Waals surface area contributed by atoms with Crippen LogP contribution in [0.5, 0.6) is 0 Å². The van der Waals surface area contributed by atoms with E-state index in [-0.39, 0.29) is 11.2 Å². The summed E-state index contributed by atoms with van der Waals surface area (Å²) in [6, 6.07) is 1.77. The van der Waals surface area contributed by atoms with Crippen molar-refractivity contribution >= 4 is 5.78 Å². The van der Waals surface area contributed by atoms with Crippen LogP contribution < -0.4 is 0 Å². The van der Waals surface area contributed by atoms with Crippen LogP contribution in [0.1, 0.15) is 44.1 Å². The van der Waals surface area contributed by atoms with Crippen LogP contribution in [0.3, 0.4) is 0 Å². The Morgan fingerprint density at radius 3 is 2.64 bits per heavy atom. The minimum absolute atomic E-state index is 0.0847. The Morgan fingerprint density at radius 1 is 1.57 bits per heavy atom. The van der Waals surface area contributed by atoms with Crippen LogP contribution in [-0.4, -0.2) is 15.6 Å². The summed E-state index contributed by atoms with van der Waals surface area (Å²) >= 11 is 0. The van der Waals surface area contributed by atoms with Gasteiger partial charge in [-0.2, -0.15) is 5.10 Å². The zero-order valence-electron chi connectivity index (χ0n) is 9.37. The van der Waals surface area contributed by atoms with Crippen molar-refractivity contribution in [1.82, 2.24) is 9.78 Å². The predicted molar refractivity (Wildman–Crippen MR) is 56.2 cm³/mol. The summed E-state index contributed by atoms with van der Waals surface area (Å²) in [5.41, 5.74) is 0.785. The summed E-state index contributed by atoms with van der Waals surface area (Å²) in [5, 5.41) is 3.99. The van der Waals surface area contributed by atoms with Gasteiger partial charge in [0.1, 0.15) is 5.69 Å². The summed E-state index contributed by atoms with van der Waals surface area (Å²) in [6.45, 7) is 6.33. The number of hydrogen-bond acceptors (Lipinski definition) is 2. The van der Waals surface area contributed by atoms with Crippen LogP contribution in [-0.2, 0) is 7.05 Å². The van der Waals surface area contributed by atoms with E-state index >= 15 is 0 Å². The quantitative estimate of drug-likeness (QED) is 0.690. The second-order valence-electron chi connectivity index (χ2n) is 4.46. The van der Waals surface area contributed by atoms with Crippen LogP contribution in [0.4, 0.5) is 0 Å². The zero-order chi connectivity index (χ0) is 10.8. The van der Waals surface area contributed by atoms with E-state index < -0.39 is 0 Å². The molecule has 14 heavy (non-hydrogen) atoms. The maximum Gasteiger partial charge on any atom is 0.181 e. The molecule has 0 radical (unpaired) electrons. The standard InChI is InChI=1S/C11H18N2O/c1-5-11(2,3)8-10(14)9-6-7-12-13(9)4/h6-7H,5,8H2,1-4H3. The van der Waals surface area contributed by atoms with Gasteiger partial charge in [-0.1, -0.05) is 27.2 Å². The number of aryl methyl sites for hydroxylation is 1. The van der Waals surface area contributed by atoms with Crippen molar-refractivity contribution in [3.8, 4) is 0 Å². The number of carbonyl (C=O) groups is 1. The van der Waals surface area contributed by atoms with Gasteiger partial charge in [0.15, 0.2) is 5.78 Å². The summed E-state index contributed by atoms with van der Waals surface area (Å²) < 4.78 is 1.63. The Morgan fingerprint density at radius 2 is 2.21 bits per heavy atom. The first-order valence-corrected chi connectivity index (χ1v) is 4.97. The van der Waals surface area contributed by atoms with Gasteiger partial charge < -0.3 is 0 Å². The van der Waals surface area contributed by atoms with E-state index in [2.05, 4.69) is 25.9 Å². The molecule has 0 spiro atoms. The molecule has 0 aromatic carbocycles. The summed E-state index contributed by atoms with van der Waals surface area (Å²) in [5.74, 6) is 0.178. The zero-order valence-corrected chi connectivity index (χ0v) is 9.37. The number of hydrogen-bond donors (Lipinski definition) is 0. The highest BCUT2D eigenvalue weighted by atomic mass is 16.1. The molecule has 1 aromatic rings. The largest absolute Gasteiger partial charge is 0.292 e. The Bertz CT molecular complexity index is 326. The maximum atomic E-state index is 11.8. The van der Waals surface area contributed by atoms with Crippen LogP contribution in [0.15, 0.2) is 12.3 Å². The highest BCUT2D eigenvalue weighted by Crippen LogP contribution is 2.26. The maximum absolute atomic E-state index is 11.8. The van der Waals surface area contributed by atoms with Crippen LogP contribution >= 0.6 is 0 Å². The topological polar surface area (TPSA) is 34.9 Å². The Hall–Kier alpha value is -1.12. The molecule has 1 heterocycles. The van der Waals surface area contributed by atoms with E-state index in [0.717, 1.165) is 6.42 Å². The van der Waals surface area contributed by atoms with E-state index in [1.807, 2.05) is 0 Å². The van der Waals surface area contributed by atoms with Crippen molar-refractivity contribution in [3.05, 3.63) is 18.0 Å². The van der Waals surface area contributed by atoms with Gasteiger partial charge >= 0.3 is 0 Å². The van der Waals surface area contributed by atoms with E-state index in [4.69, 9.17) is 0 Å². The molecular formula is C11H18N2O. The predicted octanol–water partition coefficient (Wildman–Crippen LogP) is 2.43. The van der Waals surface area contributed by atoms with Crippen LogP contribution in [0, 0.1) is 5.41 Å². The van der Waals surface area contributed by atoms with Crippen molar-refractivity contribution in [2.24, 2.45) is 12.5 Å². The number of rotatable bonds is 4. The molecule has 3 nitrogen and oxygen atoms in total. The molecule has 78 valence electrons. The summed E-state index contributed by atoms with van der Waals surface area (Å²) in [6.07, 6.45) is 3.26. The number of ketones is 1. The van der Waals surface area contributed by atoms with E-state index in [1.54, 1.807) is 24.0 Å². The van der Waals surface area contributed by atoms with E-state index in [9.17, 15) is 4.79 Å². The molecule has 3 heteroatoms. The monoisotopic (exact) mass is 194 g/mol. The minimum Gasteiger partial charge on any atom is -0.292 e. The first kappa shape index (κ1) is 11.0. The van der Waals surface area contributed by atoms with Gasteiger partial charge in [0.05, 0.1) is 0 Å². The molecule has 0 unspecified atom stereocenters. The van der Waals surface area contributed by atoms with Crippen LogP contribution in [0.25, 0.3) is 0 Å². The molecule has 0 saturated carbocycles. The van der Waals surface area contributed by atoms with Crippen molar-refractivity contribution in [3.63, 3.8) is 0 Å². The van der Waals surface area contributed by atoms with Gasteiger partial charge in [-0.3, -0.25) is 9.48 Å². The van der Waals surface area contributed by atoms with Gasteiger partial charge in [0.25, 0.3) is 0 Å². The van der Waals surface area contributed by atoms with Crippen molar-refractivity contribution in [2.75, 3.05) is 0 Å². The molecule has 0 atom stereocenters. The molecule has 0 aliphatic rings. The molecular weight excluding hydrogens is 176 g/mol. The second-order valence-corrected chi connectivity index (χ2v) is 4.46. The third-order valence-corrected chi connectivity index (χ3v) is 2.70. The first-order valence-electron chi connectivity index (χ1n) is 4.97. The minimum atomic E-state index is 0.0847. The average molecular weight is 194 g/mol. The average Bonchev–Trinajstić information content (AvgIpc) is 2.51. The lowest BCUT2D eigenvalue weighted by molar-refractivity contribution is 0.0919. The second kappa shape index (κ2) is 3.95. The normalized spacial score (nSPS) is 11.7. The number of carbonyl (C=O) groups excluding carboxylic acids is 1. The number of nitrogens with zero attached hydrogens (tertiary/aromatic N) is 2. The lowest BCUT2D eigenvalue weighted by Crippen LogP contribution is -2.18. The lowest BCUT2D eigenvalue weighted by atomic mass is 9.84. The van der Waals surface area contributed by atoms with Gasteiger partial charge in [0.2, 0.25) is 0 Å². The van der Waals surface area contributed by atoms with Crippen molar-refractivity contribution < 1.29 is 4.79 Å². The molecule has 0 N–H and O–H groups in total. The Labute approximate surface area is 85.1 Å². The van der Waals surface area contributed by atoms with Gasteiger partial charge in [0, 0.05) is 19.7 Å². The number of Topliss-reactive ketones (excluding diaryl/α,β-unsaturated/α-hetero) is 1. The van der Waals surface area contributed by atoms with Gasteiger partial charge in [-0.25, -0.2) is 0 Å². The Balaban J connectivity index is 2.73. The molecule has 0 aliphatic heterocycles. The molecule has 0 fully saturated rings. The highest BCUT2D eigenvalue weighted by molar-refractivity contribution is 5.94. The molecule has 0 bridgehead atoms. The van der Waals surface area contributed by atoms with Crippen LogP contribution in [0.2, 0.25) is 0 Å². The fourth-order valence-electron chi connectivity index (χ4n) is 1.30. The van der Waals surface area contributed by atoms with E-state index in [1.165, 1.54) is 0 Å². The fraction of sp³-hybridized carbons (Fsp3) is 0.636. The van der Waals surface area contributed by atoms with Crippen molar-refractivity contribution in [2.45, 2.75) is 33.6 Å². The highest BCUT2D eigenvalue weighted by Gasteiger charge is 2.21. The fourth-order valence-corrected chi connectivity index (χ4v) is 1.30. The molecule has 0 aliphatic carbocycles. The molecule has 0 saturated heterocycles. The first-order chi connectivity index (χ1) is 6.46. The molecule has 1 rings (SSSR count). The van der Waals surface area contributed by atoms with Crippen molar-refractivity contribution in [1.29, 1.82) is 0 Å². The third-order valence-electron chi connectivity index (χ3n) is 2.70. The Kier molecular flexibility index (Phi) is 3.09. The lowest BCUT2D eigenvalue weighted by Gasteiger charge is -2.21. The third kappa shape index (κ3) is 2.44. The smallest absolute Gasteiger partial charge is 0.181 e. The SMILES string of the molecule is CCC(C)(C)CC(=O)c1ccnn1C. The van der Waals surface area contributed by atoms with Gasteiger partial charge in [-0.05, 0) is 11.5 Å². The van der Waals surface area contributed by atoms with Gasteiger partial charge in [-0.15, -0.1) is 0 Å².